The van der Waals surface area contributed by atoms with E-state index < -0.39 is 0 Å². The second kappa shape index (κ2) is 6.92. The zero-order valence-electron chi connectivity index (χ0n) is 14.8. The number of hydrogen-bond donors (Lipinski definition) is 3. The van der Waals surface area contributed by atoms with E-state index in [0.717, 1.165) is 18.7 Å². The van der Waals surface area contributed by atoms with Crippen LogP contribution in [-0.4, -0.2) is 35.6 Å². The first kappa shape index (κ1) is 16.8. The Morgan fingerprint density at radius 2 is 2.04 bits per heavy atom. The molecule has 136 valence electrons. The van der Waals surface area contributed by atoms with Gasteiger partial charge in [0.25, 0.3) is 0 Å². The molecular formula is C19H23N5O2. The van der Waals surface area contributed by atoms with E-state index in [1.54, 1.807) is 25.5 Å². The second-order valence-electron chi connectivity index (χ2n) is 6.84. The molecule has 1 fully saturated rings. The maximum Gasteiger partial charge on any atom is 0.157 e. The van der Waals surface area contributed by atoms with Crippen molar-refractivity contribution in [2.75, 3.05) is 5.32 Å². The number of aliphatic hydroxyl groups is 1. The van der Waals surface area contributed by atoms with E-state index >= 15 is 0 Å². The summed E-state index contributed by atoms with van der Waals surface area (Å²) in [7, 11) is 0. The molecule has 3 aromatic rings. The van der Waals surface area contributed by atoms with E-state index in [2.05, 4.69) is 15.3 Å². The fraction of sp³-hybridized carbons (Fsp3) is 0.421. The normalized spacial score (nSPS) is 15.5. The summed E-state index contributed by atoms with van der Waals surface area (Å²) in [6.07, 6.45) is 12.8. The van der Waals surface area contributed by atoms with E-state index in [1.807, 2.05) is 10.6 Å². The highest BCUT2D eigenvalue weighted by molar-refractivity contribution is 5.82. The van der Waals surface area contributed by atoms with Crippen molar-refractivity contribution in [3.63, 3.8) is 0 Å². The predicted molar refractivity (Wildman–Crippen MR) is 99.0 cm³/mol. The van der Waals surface area contributed by atoms with Crippen LogP contribution in [0.15, 0.2) is 24.8 Å². The SMILES string of the molecule is Cc1ncc(CO)c(-c2nc3cnccn3c2NC2CCCCC2)c1O. The minimum Gasteiger partial charge on any atom is -0.505 e. The van der Waals surface area contributed by atoms with Crippen molar-refractivity contribution in [1.29, 1.82) is 0 Å². The van der Waals surface area contributed by atoms with Gasteiger partial charge in [-0.25, -0.2) is 4.98 Å². The van der Waals surface area contributed by atoms with Crippen LogP contribution in [0, 0.1) is 6.92 Å². The molecule has 0 radical (unpaired) electrons. The number of aryl methyl sites for hydroxylation is 1. The number of hydrogen-bond acceptors (Lipinski definition) is 6. The molecule has 0 unspecified atom stereocenters. The molecule has 4 rings (SSSR count). The van der Waals surface area contributed by atoms with Crippen molar-refractivity contribution < 1.29 is 10.2 Å². The third kappa shape index (κ3) is 2.88. The van der Waals surface area contributed by atoms with E-state index in [4.69, 9.17) is 4.98 Å². The van der Waals surface area contributed by atoms with Crippen molar-refractivity contribution in [1.82, 2.24) is 19.4 Å². The van der Waals surface area contributed by atoms with Crippen LogP contribution in [0.2, 0.25) is 0 Å². The molecule has 1 aliphatic rings. The Kier molecular flexibility index (Phi) is 4.46. The lowest BCUT2D eigenvalue weighted by atomic mass is 9.95. The predicted octanol–water partition coefficient (Wildman–Crippen LogP) is 3.04. The molecule has 3 heterocycles. The quantitative estimate of drug-likeness (QED) is 0.667. The lowest BCUT2D eigenvalue weighted by molar-refractivity contribution is 0.281. The van der Waals surface area contributed by atoms with Crippen molar-refractivity contribution in [3.8, 4) is 17.0 Å². The summed E-state index contributed by atoms with van der Waals surface area (Å²) >= 11 is 0. The summed E-state index contributed by atoms with van der Waals surface area (Å²) in [6, 6.07) is 0.373. The van der Waals surface area contributed by atoms with E-state index in [-0.39, 0.29) is 12.4 Å². The molecule has 7 heteroatoms. The van der Waals surface area contributed by atoms with Crippen LogP contribution >= 0.6 is 0 Å². The van der Waals surface area contributed by atoms with Crippen LogP contribution < -0.4 is 5.32 Å². The molecule has 0 bridgehead atoms. The highest BCUT2D eigenvalue weighted by Crippen LogP contribution is 2.39. The summed E-state index contributed by atoms with van der Waals surface area (Å²) in [6.45, 7) is 1.52. The molecule has 0 atom stereocenters. The summed E-state index contributed by atoms with van der Waals surface area (Å²) in [5.41, 5.74) is 2.91. The summed E-state index contributed by atoms with van der Waals surface area (Å²) in [4.78, 5) is 13.0. The Hall–Kier alpha value is -2.67. The number of aliphatic hydroxyl groups excluding tert-OH is 1. The van der Waals surface area contributed by atoms with Gasteiger partial charge in [-0.1, -0.05) is 19.3 Å². The highest BCUT2D eigenvalue weighted by atomic mass is 16.3. The van der Waals surface area contributed by atoms with E-state index in [0.29, 0.717) is 34.2 Å². The number of nitrogens with zero attached hydrogens (tertiary/aromatic N) is 4. The van der Waals surface area contributed by atoms with Gasteiger partial charge in [-0.15, -0.1) is 0 Å². The van der Waals surface area contributed by atoms with Crippen LogP contribution in [0.4, 0.5) is 5.82 Å². The van der Waals surface area contributed by atoms with Gasteiger partial charge in [0.2, 0.25) is 0 Å². The largest absolute Gasteiger partial charge is 0.505 e. The Morgan fingerprint density at radius 1 is 1.23 bits per heavy atom. The van der Waals surface area contributed by atoms with E-state index in [1.165, 1.54) is 19.3 Å². The van der Waals surface area contributed by atoms with Crippen molar-refractivity contribution in [3.05, 3.63) is 36.0 Å². The fourth-order valence-corrected chi connectivity index (χ4v) is 3.68. The molecule has 3 N–H and O–H groups in total. The first-order valence-corrected chi connectivity index (χ1v) is 9.06. The molecule has 0 saturated heterocycles. The van der Waals surface area contributed by atoms with Gasteiger partial charge < -0.3 is 15.5 Å². The maximum absolute atomic E-state index is 10.7. The summed E-state index contributed by atoms with van der Waals surface area (Å²) < 4.78 is 1.95. The Morgan fingerprint density at radius 3 is 2.81 bits per heavy atom. The number of pyridine rings is 1. The van der Waals surface area contributed by atoms with E-state index in [9.17, 15) is 10.2 Å². The Balaban J connectivity index is 1.90. The Labute approximate surface area is 151 Å². The van der Waals surface area contributed by atoms with Crippen molar-refractivity contribution in [2.24, 2.45) is 0 Å². The first-order valence-electron chi connectivity index (χ1n) is 9.06. The summed E-state index contributed by atoms with van der Waals surface area (Å²) in [5.74, 6) is 0.879. The number of aromatic hydroxyl groups is 1. The third-order valence-electron chi connectivity index (χ3n) is 5.10. The number of imidazole rings is 1. The van der Waals surface area contributed by atoms with Crippen LogP contribution in [0.5, 0.6) is 5.75 Å². The lowest BCUT2D eigenvalue weighted by Gasteiger charge is -2.24. The summed E-state index contributed by atoms with van der Waals surface area (Å²) in [5, 5.41) is 24.0. The van der Waals surface area contributed by atoms with Gasteiger partial charge in [0.15, 0.2) is 5.65 Å². The fourth-order valence-electron chi connectivity index (χ4n) is 3.68. The third-order valence-corrected chi connectivity index (χ3v) is 5.10. The monoisotopic (exact) mass is 353 g/mol. The van der Waals surface area contributed by atoms with Gasteiger partial charge >= 0.3 is 0 Å². The first-order chi connectivity index (χ1) is 12.7. The number of aromatic nitrogens is 4. The smallest absolute Gasteiger partial charge is 0.157 e. The molecule has 7 nitrogen and oxygen atoms in total. The molecule has 0 aliphatic heterocycles. The molecule has 0 amide bonds. The Bertz CT molecular complexity index is 931. The minimum absolute atomic E-state index is 0.0552. The number of anilines is 1. The topological polar surface area (TPSA) is 95.6 Å². The lowest BCUT2D eigenvalue weighted by Crippen LogP contribution is -2.23. The average Bonchev–Trinajstić information content (AvgIpc) is 3.03. The van der Waals surface area contributed by atoms with Crippen molar-refractivity contribution in [2.45, 2.75) is 51.7 Å². The van der Waals surface area contributed by atoms with Gasteiger partial charge in [0.1, 0.15) is 17.3 Å². The number of fused-ring (bicyclic) bond motifs is 1. The zero-order valence-corrected chi connectivity index (χ0v) is 14.8. The standard InChI is InChI=1S/C19H23N5O2/c1-12-18(26)16(13(11-25)9-21-12)17-19(22-14-5-3-2-4-6-14)24-8-7-20-10-15(24)23-17/h7-10,14,22,25-26H,2-6,11H2,1H3. The molecule has 0 spiro atoms. The number of rotatable bonds is 4. The van der Waals surface area contributed by atoms with Crippen LogP contribution in [-0.2, 0) is 6.61 Å². The van der Waals surface area contributed by atoms with Gasteiger partial charge in [-0.2, -0.15) is 0 Å². The second-order valence-corrected chi connectivity index (χ2v) is 6.84. The molecule has 1 saturated carbocycles. The molecule has 1 aliphatic carbocycles. The molecule has 3 aromatic heterocycles. The van der Waals surface area contributed by atoms with Gasteiger partial charge in [-0.05, 0) is 19.8 Å². The average molecular weight is 353 g/mol. The zero-order chi connectivity index (χ0) is 18.1. The molecule has 0 aromatic carbocycles. The van der Waals surface area contributed by atoms with Crippen LogP contribution in [0.25, 0.3) is 16.9 Å². The van der Waals surface area contributed by atoms with Crippen LogP contribution in [0.1, 0.15) is 43.4 Å². The van der Waals surface area contributed by atoms with Crippen molar-refractivity contribution >= 4 is 11.5 Å². The van der Waals surface area contributed by atoms with Gasteiger partial charge in [0, 0.05) is 30.2 Å². The van der Waals surface area contributed by atoms with Gasteiger partial charge in [0.05, 0.1) is 24.1 Å². The van der Waals surface area contributed by atoms with Crippen LogP contribution in [0.3, 0.4) is 0 Å². The minimum atomic E-state index is -0.217. The highest BCUT2D eigenvalue weighted by Gasteiger charge is 2.24. The number of nitrogens with one attached hydrogen (secondary N) is 1. The molecule has 26 heavy (non-hydrogen) atoms. The molecular weight excluding hydrogens is 330 g/mol. The van der Waals surface area contributed by atoms with Gasteiger partial charge in [-0.3, -0.25) is 14.4 Å². The maximum atomic E-state index is 10.7.